The topological polar surface area (TPSA) is 37.4 Å². The normalized spacial score (nSPS) is 14.8. The van der Waals surface area contributed by atoms with E-state index in [0.29, 0.717) is 11.1 Å². The average molecular weight is 203 g/mol. The summed E-state index contributed by atoms with van der Waals surface area (Å²) in [4.78, 5) is 24.8. The molecule has 2 rings (SSSR count). The number of benzene rings is 1. The van der Waals surface area contributed by atoms with Crippen LogP contribution in [-0.4, -0.2) is 23.8 Å². The van der Waals surface area contributed by atoms with Gasteiger partial charge in [0.2, 0.25) is 0 Å². The number of fused-ring (bicyclic) bond motifs is 1. The Balaban J connectivity index is 2.85. The minimum atomic E-state index is -0.185. The number of hydrogen-bond acceptors (Lipinski definition) is 2. The van der Waals surface area contributed by atoms with Crippen molar-refractivity contribution < 1.29 is 9.59 Å². The smallest absolute Gasteiger partial charge is 0.261 e. The second-order valence-corrected chi connectivity index (χ2v) is 4.05. The van der Waals surface area contributed by atoms with Crippen LogP contribution in [0.3, 0.4) is 0 Å². The summed E-state index contributed by atoms with van der Waals surface area (Å²) in [5.74, 6) is -0.366. The third kappa shape index (κ3) is 1.12. The van der Waals surface area contributed by atoms with Gasteiger partial charge in [0, 0.05) is 7.05 Å². The van der Waals surface area contributed by atoms with Crippen LogP contribution in [0.25, 0.3) is 0 Å². The van der Waals surface area contributed by atoms with E-state index in [0.717, 1.165) is 16.7 Å². The lowest BCUT2D eigenvalue weighted by molar-refractivity contribution is 0.0693. The van der Waals surface area contributed by atoms with Crippen molar-refractivity contribution in [2.45, 2.75) is 20.8 Å². The van der Waals surface area contributed by atoms with Gasteiger partial charge in [-0.3, -0.25) is 14.5 Å². The molecule has 3 nitrogen and oxygen atoms in total. The maximum Gasteiger partial charge on any atom is 0.261 e. The third-order valence-corrected chi connectivity index (χ3v) is 3.08. The number of amides is 2. The van der Waals surface area contributed by atoms with Gasteiger partial charge < -0.3 is 0 Å². The largest absolute Gasteiger partial charge is 0.277 e. The van der Waals surface area contributed by atoms with Gasteiger partial charge in [-0.2, -0.15) is 0 Å². The van der Waals surface area contributed by atoms with Crippen molar-refractivity contribution >= 4 is 11.8 Å². The van der Waals surface area contributed by atoms with Crippen molar-refractivity contribution in [3.63, 3.8) is 0 Å². The average Bonchev–Trinajstić information content (AvgIpc) is 2.40. The Hall–Kier alpha value is -1.64. The summed E-state index contributed by atoms with van der Waals surface area (Å²) in [7, 11) is 1.53. The molecule has 0 atom stereocenters. The lowest BCUT2D eigenvalue weighted by Gasteiger charge is -2.07. The van der Waals surface area contributed by atoms with E-state index >= 15 is 0 Å². The summed E-state index contributed by atoms with van der Waals surface area (Å²) in [6, 6.07) is 1.96. The van der Waals surface area contributed by atoms with Gasteiger partial charge in [-0.1, -0.05) is 6.07 Å². The van der Waals surface area contributed by atoms with Crippen molar-refractivity contribution in [3.05, 3.63) is 33.9 Å². The summed E-state index contributed by atoms with van der Waals surface area (Å²) < 4.78 is 0. The van der Waals surface area contributed by atoms with E-state index in [9.17, 15) is 9.59 Å². The van der Waals surface area contributed by atoms with Gasteiger partial charge in [0.1, 0.15) is 0 Å². The molecule has 0 radical (unpaired) electrons. The zero-order valence-corrected chi connectivity index (χ0v) is 9.34. The van der Waals surface area contributed by atoms with Crippen LogP contribution in [0.4, 0.5) is 0 Å². The number of nitrogens with zero attached hydrogens (tertiary/aromatic N) is 1. The predicted molar refractivity (Wildman–Crippen MR) is 57.1 cm³/mol. The van der Waals surface area contributed by atoms with Gasteiger partial charge >= 0.3 is 0 Å². The van der Waals surface area contributed by atoms with Crippen LogP contribution in [0.2, 0.25) is 0 Å². The maximum atomic E-state index is 11.8. The highest BCUT2D eigenvalue weighted by molar-refractivity contribution is 6.22. The van der Waals surface area contributed by atoms with Crippen LogP contribution in [-0.2, 0) is 0 Å². The predicted octanol–water partition coefficient (Wildman–Crippen LogP) is 1.84. The lowest BCUT2D eigenvalue weighted by Crippen LogP contribution is -2.24. The minimum absolute atomic E-state index is 0.181. The number of rotatable bonds is 0. The molecular formula is C12H13NO2. The molecule has 0 unspecified atom stereocenters. The molecule has 1 aromatic carbocycles. The molecule has 0 saturated carbocycles. The van der Waals surface area contributed by atoms with E-state index in [1.165, 1.54) is 11.9 Å². The van der Waals surface area contributed by atoms with Crippen LogP contribution in [0.15, 0.2) is 6.07 Å². The molecule has 1 aliphatic heterocycles. The zero-order chi connectivity index (χ0) is 11.3. The molecule has 2 amide bonds. The van der Waals surface area contributed by atoms with Gasteiger partial charge in [-0.15, -0.1) is 0 Å². The van der Waals surface area contributed by atoms with Crippen LogP contribution in [0, 0.1) is 20.8 Å². The second kappa shape index (κ2) is 2.92. The Morgan fingerprint density at radius 3 is 2.07 bits per heavy atom. The van der Waals surface area contributed by atoms with Gasteiger partial charge in [0.15, 0.2) is 0 Å². The second-order valence-electron chi connectivity index (χ2n) is 4.05. The SMILES string of the molecule is Cc1cc(C)c2c(c1C)C(=O)N(C)C2=O. The first-order valence-corrected chi connectivity index (χ1v) is 4.88. The lowest BCUT2D eigenvalue weighted by atomic mass is 9.95. The maximum absolute atomic E-state index is 11.8. The molecule has 0 N–H and O–H groups in total. The van der Waals surface area contributed by atoms with Crippen molar-refractivity contribution in [1.82, 2.24) is 4.90 Å². The first-order valence-electron chi connectivity index (χ1n) is 4.88. The highest BCUT2D eigenvalue weighted by atomic mass is 16.2. The first-order chi connectivity index (χ1) is 6.95. The van der Waals surface area contributed by atoms with E-state index in [2.05, 4.69) is 0 Å². The molecule has 1 aromatic rings. The number of aryl methyl sites for hydroxylation is 2. The summed E-state index contributed by atoms with van der Waals surface area (Å²) in [5, 5.41) is 0. The molecule has 0 aromatic heterocycles. The Kier molecular flexibility index (Phi) is 1.93. The van der Waals surface area contributed by atoms with E-state index < -0.39 is 0 Å². The highest BCUT2D eigenvalue weighted by Crippen LogP contribution is 2.29. The van der Waals surface area contributed by atoms with Crippen molar-refractivity contribution in [1.29, 1.82) is 0 Å². The van der Waals surface area contributed by atoms with Crippen LogP contribution < -0.4 is 0 Å². The minimum Gasteiger partial charge on any atom is -0.277 e. The fraction of sp³-hybridized carbons (Fsp3) is 0.333. The molecular weight excluding hydrogens is 190 g/mol. The molecule has 1 aliphatic rings. The fourth-order valence-corrected chi connectivity index (χ4v) is 2.06. The van der Waals surface area contributed by atoms with Crippen LogP contribution in [0.5, 0.6) is 0 Å². The Labute approximate surface area is 88.7 Å². The number of carbonyl (C=O) groups is 2. The van der Waals surface area contributed by atoms with Gasteiger partial charge in [-0.05, 0) is 37.5 Å². The molecule has 0 spiro atoms. The van der Waals surface area contributed by atoms with Crippen LogP contribution >= 0.6 is 0 Å². The first kappa shape index (κ1) is 9.90. The molecule has 3 heteroatoms. The standard InChI is InChI=1S/C12H13NO2/c1-6-5-7(2)9-10(8(6)3)12(15)13(4)11(9)14/h5H,1-4H3. The van der Waals surface area contributed by atoms with E-state index in [1.807, 2.05) is 26.8 Å². The van der Waals surface area contributed by atoms with Gasteiger partial charge in [-0.25, -0.2) is 0 Å². The summed E-state index contributed by atoms with van der Waals surface area (Å²) in [6.45, 7) is 5.71. The van der Waals surface area contributed by atoms with Crippen molar-refractivity contribution in [3.8, 4) is 0 Å². The number of hydrogen-bond donors (Lipinski definition) is 0. The molecule has 15 heavy (non-hydrogen) atoms. The molecule has 0 bridgehead atoms. The van der Waals surface area contributed by atoms with Gasteiger partial charge in [0.05, 0.1) is 11.1 Å². The van der Waals surface area contributed by atoms with Crippen LogP contribution in [0.1, 0.15) is 37.4 Å². The Bertz CT molecular complexity index is 489. The number of imide groups is 1. The summed E-state index contributed by atoms with van der Waals surface area (Å²) in [6.07, 6.45) is 0. The fourth-order valence-electron chi connectivity index (χ4n) is 2.06. The Morgan fingerprint density at radius 1 is 0.933 bits per heavy atom. The van der Waals surface area contributed by atoms with E-state index in [1.54, 1.807) is 0 Å². The van der Waals surface area contributed by atoms with Crippen molar-refractivity contribution in [2.24, 2.45) is 0 Å². The monoisotopic (exact) mass is 203 g/mol. The molecule has 0 saturated heterocycles. The van der Waals surface area contributed by atoms with E-state index in [4.69, 9.17) is 0 Å². The van der Waals surface area contributed by atoms with Crippen molar-refractivity contribution in [2.75, 3.05) is 7.05 Å². The quantitative estimate of drug-likeness (QED) is 0.603. The summed E-state index contributed by atoms with van der Waals surface area (Å²) >= 11 is 0. The molecule has 0 fully saturated rings. The zero-order valence-electron chi connectivity index (χ0n) is 9.34. The summed E-state index contributed by atoms with van der Waals surface area (Å²) in [5.41, 5.74) is 4.02. The molecule has 0 aliphatic carbocycles. The van der Waals surface area contributed by atoms with E-state index in [-0.39, 0.29) is 11.8 Å². The van der Waals surface area contributed by atoms with Gasteiger partial charge in [0.25, 0.3) is 11.8 Å². The molecule has 1 heterocycles. The highest BCUT2D eigenvalue weighted by Gasteiger charge is 2.35. The Morgan fingerprint density at radius 2 is 1.47 bits per heavy atom. The number of carbonyl (C=O) groups excluding carboxylic acids is 2. The molecule has 78 valence electrons. The third-order valence-electron chi connectivity index (χ3n) is 3.08.